The minimum absolute atomic E-state index is 0.503. The number of rotatable bonds is 3. The predicted molar refractivity (Wildman–Crippen MR) is 183 cm³/mol. The number of aromatic nitrogens is 4. The maximum Gasteiger partial charge on any atom is 0.248 e. The standard InChI is InChI=1S/C40H24N4O/c1-2-10-25(11-3-1)39-41-42-40(45-39)26-18-21-28(22-19-26)43-34-17-9-7-15-32(34)37-35(43)23-20-27-24-36-31-14-5-4-12-29(31)30-13-6-8-16-33(30)44(36)38(27)37/h1-24H. The van der Waals surface area contributed by atoms with E-state index in [1.54, 1.807) is 0 Å². The fraction of sp³-hybridized carbons (Fsp3) is 0. The molecule has 5 heteroatoms. The zero-order valence-corrected chi connectivity index (χ0v) is 24.1. The summed E-state index contributed by atoms with van der Waals surface area (Å²) in [7, 11) is 0. The highest BCUT2D eigenvalue weighted by molar-refractivity contribution is 6.24. The molecule has 0 saturated carbocycles. The first-order valence-electron chi connectivity index (χ1n) is 15.1. The van der Waals surface area contributed by atoms with Gasteiger partial charge >= 0.3 is 0 Å². The van der Waals surface area contributed by atoms with Crippen molar-refractivity contribution in [1.29, 1.82) is 0 Å². The Hall–Kier alpha value is -6.20. The largest absolute Gasteiger partial charge is 0.416 e. The maximum absolute atomic E-state index is 6.04. The van der Waals surface area contributed by atoms with E-state index in [1.165, 1.54) is 48.9 Å². The molecule has 45 heavy (non-hydrogen) atoms. The van der Waals surface area contributed by atoms with Crippen LogP contribution in [0.25, 0.3) is 88.5 Å². The van der Waals surface area contributed by atoms with Crippen LogP contribution in [-0.2, 0) is 0 Å². The Morgan fingerprint density at radius 3 is 1.80 bits per heavy atom. The molecule has 5 nitrogen and oxygen atoms in total. The van der Waals surface area contributed by atoms with Crippen LogP contribution in [0, 0.1) is 0 Å². The van der Waals surface area contributed by atoms with Crippen LogP contribution >= 0.6 is 0 Å². The van der Waals surface area contributed by atoms with Gasteiger partial charge in [-0.3, -0.25) is 0 Å². The first-order valence-corrected chi connectivity index (χ1v) is 15.1. The maximum atomic E-state index is 6.04. The minimum atomic E-state index is 0.503. The van der Waals surface area contributed by atoms with Crippen molar-refractivity contribution < 1.29 is 4.42 Å². The molecule has 210 valence electrons. The van der Waals surface area contributed by atoms with E-state index in [0.717, 1.165) is 27.8 Å². The average Bonchev–Trinajstić information content (AvgIpc) is 3.84. The highest BCUT2D eigenvalue weighted by Crippen LogP contribution is 2.41. The number of fused-ring (bicyclic) bond motifs is 12. The first kappa shape index (κ1) is 24.3. The molecule has 0 saturated heterocycles. The van der Waals surface area contributed by atoms with E-state index in [2.05, 4.69) is 134 Å². The molecule has 0 radical (unpaired) electrons. The summed E-state index contributed by atoms with van der Waals surface area (Å²) < 4.78 is 10.9. The summed E-state index contributed by atoms with van der Waals surface area (Å²) in [5, 5.41) is 16.1. The lowest BCUT2D eigenvalue weighted by atomic mass is 10.1. The van der Waals surface area contributed by atoms with Crippen LogP contribution in [0.1, 0.15) is 0 Å². The average molecular weight is 577 g/mol. The Balaban J connectivity index is 1.22. The minimum Gasteiger partial charge on any atom is -0.416 e. The molecule has 4 heterocycles. The molecule has 0 aliphatic carbocycles. The molecule has 10 aromatic rings. The number of hydrogen-bond acceptors (Lipinski definition) is 3. The van der Waals surface area contributed by atoms with E-state index >= 15 is 0 Å². The Kier molecular flexibility index (Phi) is 4.93. The van der Waals surface area contributed by atoms with Crippen molar-refractivity contribution in [3.05, 3.63) is 146 Å². The third-order valence-electron chi connectivity index (χ3n) is 9.06. The third-order valence-corrected chi connectivity index (χ3v) is 9.06. The van der Waals surface area contributed by atoms with Crippen molar-refractivity contribution in [2.24, 2.45) is 0 Å². The molecule has 0 atom stereocenters. The van der Waals surface area contributed by atoms with Gasteiger partial charge in [0.25, 0.3) is 0 Å². The Morgan fingerprint density at radius 2 is 1.04 bits per heavy atom. The van der Waals surface area contributed by atoms with E-state index in [-0.39, 0.29) is 0 Å². The second-order valence-corrected chi connectivity index (χ2v) is 11.5. The van der Waals surface area contributed by atoms with Gasteiger partial charge in [-0.2, -0.15) is 0 Å². The molecule has 4 aromatic heterocycles. The number of nitrogens with zero attached hydrogens (tertiary/aromatic N) is 4. The monoisotopic (exact) mass is 576 g/mol. The molecule has 0 spiro atoms. The molecule has 0 N–H and O–H groups in total. The van der Waals surface area contributed by atoms with Crippen molar-refractivity contribution in [3.8, 4) is 28.6 Å². The summed E-state index contributed by atoms with van der Waals surface area (Å²) >= 11 is 0. The predicted octanol–water partition coefficient (Wildman–Crippen LogP) is 10.2. The second-order valence-electron chi connectivity index (χ2n) is 11.5. The normalized spacial score (nSPS) is 12.0. The molecule has 10 rings (SSSR count). The molecule has 6 aromatic carbocycles. The van der Waals surface area contributed by atoms with Crippen LogP contribution in [0.15, 0.2) is 150 Å². The lowest BCUT2D eigenvalue weighted by molar-refractivity contribution is 0.584. The molecule has 0 amide bonds. The van der Waals surface area contributed by atoms with Crippen LogP contribution < -0.4 is 0 Å². The van der Waals surface area contributed by atoms with Gasteiger partial charge < -0.3 is 13.4 Å². The molecule has 0 unspecified atom stereocenters. The van der Waals surface area contributed by atoms with Crippen LogP contribution in [0.4, 0.5) is 0 Å². The summed E-state index contributed by atoms with van der Waals surface area (Å²) in [6, 6.07) is 51.3. The van der Waals surface area contributed by atoms with Gasteiger partial charge in [0.2, 0.25) is 11.8 Å². The van der Waals surface area contributed by atoms with Gasteiger partial charge in [0.1, 0.15) is 0 Å². The van der Waals surface area contributed by atoms with Gasteiger partial charge in [-0.1, -0.05) is 84.9 Å². The SMILES string of the molecule is c1ccc(-c2nnc(-c3ccc(-n4c5ccccc5c5c4ccc4cc6c7ccccc7c7ccccc7n6c45)cc3)o2)cc1. The van der Waals surface area contributed by atoms with Crippen molar-refractivity contribution in [1.82, 2.24) is 19.2 Å². The summed E-state index contributed by atoms with van der Waals surface area (Å²) in [5.41, 5.74) is 8.86. The number of pyridine rings is 1. The summed E-state index contributed by atoms with van der Waals surface area (Å²) in [6.07, 6.45) is 0. The van der Waals surface area contributed by atoms with Crippen molar-refractivity contribution in [3.63, 3.8) is 0 Å². The summed E-state index contributed by atoms with van der Waals surface area (Å²) in [5.74, 6) is 1.02. The van der Waals surface area contributed by atoms with Gasteiger partial charge in [-0.15, -0.1) is 10.2 Å². The molecule has 0 fully saturated rings. The van der Waals surface area contributed by atoms with E-state index in [1.807, 2.05) is 30.3 Å². The Morgan fingerprint density at radius 1 is 0.444 bits per heavy atom. The smallest absolute Gasteiger partial charge is 0.248 e. The molecule has 0 bridgehead atoms. The highest BCUT2D eigenvalue weighted by Gasteiger charge is 2.20. The van der Waals surface area contributed by atoms with Gasteiger partial charge in [-0.25, -0.2) is 0 Å². The molecule has 0 aliphatic heterocycles. The molecular formula is C40H24N4O. The van der Waals surface area contributed by atoms with E-state index < -0.39 is 0 Å². The first-order chi connectivity index (χ1) is 22.3. The third kappa shape index (κ3) is 3.43. The fourth-order valence-electron chi connectivity index (χ4n) is 7.10. The van der Waals surface area contributed by atoms with Crippen LogP contribution in [0.2, 0.25) is 0 Å². The Labute approximate surface area is 257 Å². The van der Waals surface area contributed by atoms with Crippen LogP contribution in [0.3, 0.4) is 0 Å². The fourth-order valence-corrected chi connectivity index (χ4v) is 7.10. The number of benzene rings is 6. The van der Waals surface area contributed by atoms with E-state index in [9.17, 15) is 0 Å². The van der Waals surface area contributed by atoms with Gasteiger partial charge in [0.15, 0.2) is 0 Å². The molecular weight excluding hydrogens is 552 g/mol. The quantitative estimate of drug-likeness (QED) is 0.197. The van der Waals surface area contributed by atoms with Crippen molar-refractivity contribution in [2.45, 2.75) is 0 Å². The summed E-state index contributed by atoms with van der Waals surface area (Å²) in [4.78, 5) is 0. The summed E-state index contributed by atoms with van der Waals surface area (Å²) in [6.45, 7) is 0. The molecule has 0 aliphatic rings. The van der Waals surface area contributed by atoms with Crippen LogP contribution in [0.5, 0.6) is 0 Å². The highest BCUT2D eigenvalue weighted by atomic mass is 16.4. The van der Waals surface area contributed by atoms with Gasteiger partial charge in [-0.05, 0) is 66.0 Å². The zero-order valence-electron chi connectivity index (χ0n) is 24.1. The van der Waals surface area contributed by atoms with Crippen molar-refractivity contribution >= 4 is 59.9 Å². The Bertz CT molecular complexity index is 2750. The van der Waals surface area contributed by atoms with E-state index in [0.29, 0.717) is 11.8 Å². The zero-order chi connectivity index (χ0) is 29.5. The van der Waals surface area contributed by atoms with Gasteiger partial charge in [0.05, 0.1) is 27.6 Å². The van der Waals surface area contributed by atoms with E-state index in [4.69, 9.17) is 4.42 Å². The number of para-hydroxylation sites is 2. The lowest BCUT2D eigenvalue weighted by Crippen LogP contribution is -1.94. The lowest BCUT2D eigenvalue weighted by Gasteiger charge is -2.11. The van der Waals surface area contributed by atoms with Crippen LogP contribution in [-0.4, -0.2) is 19.2 Å². The topological polar surface area (TPSA) is 48.3 Å². The second kappa shape index (κ2) is 9.15. The van der Waals surface area contributed by atoms with Gasteiger partial charge in [0, 0.05) is 43.7 Å². The van der Waals surface area contributed by atoms with Crippen molar-refractivity contribution in [2.75, 3.05) is 0 Å². The number of hydrogen-bond donors (Lipinski definition) is 0.